The normalized spacial score (nSPS) is 9.38. The molecule has 1 aromatic carbocycles. The molecule has 0 aliphatic carbocycles. The third-order valence-electron chi connectivity index (χ3n) is 1.84. The van der Waals surface area contributed by atoms with Gasteiger partial charge in [0.2, 0.25) is 0 Å². The number of thiocarbonyl (C=S) groups is 1. The molecule has 0 aliphatic rings. The van der Waals surface area contributed by atoms with Gasteiger partial charge in [0.15, 0.2) is 0 Å². The van der Waals surface area contributed by atoms with Crippen LogP contribution in [0.15, 0.2) is 42.6 Å². The van der Waals surface area contributed by atoms with E-state index in [1.807, 2.05) is 49.3 Å². The molecular formula is C11H13NS. The molecule has 68 valence electrons. The first-order chi connectivity index (χ1) is 6.13. The number of allylic oxidation sites excluding steroid dienone is 1. The van der Waals surface area contributed by atoms with Gasteiger partial charge in [-0.3, -0.25) is 0 Å². The van der Waals surface area contributed by atoms with Crippen molar-refractivity contribution < 1.29 is 0 Å². The lowest BCUT2D eigenvalue weighted by Crippen LogP contribution is -2.17. The standard InChI is InChI=1S/C11H13NS/c1-9(12(2)3)11(13)10-7-5-4-6-8-10/h4-8H,1H2,2-3H3. The Labute approximate surface area is 84.7 Å². The predicted octanol–water partition coefficient (Wildman–Crippen LogP) is 2.48. The second-order valence-corrected chi connectivity index (χ2v) is 3.44. The summed E-state index contributed by atoms with van der Waals surface area (Å²) < 4.78 is 0. The summed E-state index contributed by atoms with van der Waals surface area (Å²) in [6.07, 6.45) is 0. The summed E-state index contributed by atoms with van der Waals surface area (Å²) in [5.41, 5.74) is 1.93. The molecule has 0 saturated heterocycles. The third-order valence-corrected chi connectivity index (χ3v) is 2.31. The smallest absolute Gasteiger partial charge is 0.0676 e. The van der Waals surface area contributed by atoms with Crippen LogP contribution >= 0.6 is 12.2 Å². The molecule has 1 nitrogen and oxygen atoms in total. The highest BCUT2D eigenvalue weighted by Crippen LogP contribution is 2.09. The molecule has 0 aliphatic heterocycles. The second kappa shape index (κ2) is 4.19. The highest BCUT2D eigenvalue weighted by Gasteiger charge is 2.05. The maximum absolute atomic E-state index is 5.28. The van der Waals surface area contributed by atoms with Gasteiger partial charge in [0.05, 0.1) is 4.86 Å². The molecule has 0 unspecified atom stereocenters. The zero-order valence-electron chi connectivity index (χ0n) is 7.95. The minimum atomic E-state index is 0.811. The minimum absolute atomic E-state index is 0.811. The van der Waals surface area contributed by atoms with Crippen molar-refractivity contribution >= 4 is 17.1 Å². The van der Waals surface area contributed by atoms with Crippen LogP contribution in [0.2, 0.25) is 0 Å². The summed E-state index contributed by atoms with van der Waals surface area (Å²) in [4.78, 5) is 2.74. The van der Waals surface area contributed by atoms with E-state index in [-0.39, 0.29) is 0 Å². The van der Waals surface area contributed by atoms with E-state index >= 15 is 0 Å². The number of hydrogen-bond donors (Lipinski definition) is 0. The van der Waals surface area contributed by atoms with E-state index in [9.17, 15) is 0 Å². The van der Waals surface area contributed by atoms with Crippen LogP contribution in [0, 0.1) is 0 Å². The molecule has 0 heterocycles. The first-order valence-electron chi connectivity index (χ1n) is 4.09. The molecule has 1 rings (SSSR count). The minimum Gasteiger partial charge on any atom is -0.377 e. The molecule has 0 amide bonds. The van der Waals surface area contributed by atoms with Gasteiger partial charge in [-0.2, -0.15) is 0 Å². The van der Waals surface area contributed by atoms with E-state index in [2.05, 4.69) is 6.58 Å². The molecule has 0 saturated carbocycles. The first kappa shape index (κ1) is 9.93. The molecule has 0 aromatic heterocycles. The lowest BCUT2D eigenvalue weighted by atomic mass is 10.1. The maximum Gasteiger partial charge on any atom is 0.0676 e. The predicted molar refractivity (Wildman–Crippen MR) is 61.0 cm³/mol. The van der Waals surface area contributed by atoms with Crippen LogP contribution in [-0.4, -0.2) is 23.9 Å². The van der Waals surface area contributed by atoms with Crippen molar-refractivity contribution in [3.05, 3.63) is 48.2 Å². The van der Waals surface area contributed by atoms with Gasteiger partial charge in [-0.05, 0) is 5.56 Å². The fourth-order valence-electron chi connectivity index (χ4n) is 0.959. The van der Waals surface area contributed by atoms with Gasteiger partial charge in [-0.15, -0.1) is 0 Å². The Balaban J connectivity index is 2.87. The van der Waals surface area contributed by atoms with Crippen LogP contribution in [0.25, 0.3) is 0 Å². The fraction of sp³-hybridized carbons (Fsp3) is 0.182. The maximum atomic E-state index is 5.28. The molecule has 0 N–H and O–H groups in total. The van der Waals surface area contributed by atoms with Gasteiger partial charge < -0.3 is 4.90 Å². The van der Waals surface area contributed by atoms with Crippen molar-refractivity contribution in [3.8, 4) is 0 Å². The third kappa shape index (κ3) is 2.39. The topological polar surface area (TPSA) is 3.24 Å². The first-order valence-corrected chi connectivity index (χ1v) is 4.49. The largest absolute Gasteiger partial charge is 0.377 e. The molecule has 2 heteroatoms. The van der Waals surface area contributed by atoms with E-state index in [0.29, 0.717) is 0 Å². The number of benzene rings is 1. The van der Waals surface area contributed by atoms with Crippen molar-refractivity contribution in [1.82, 2.24) is 4.90 Å². The van der Waals surface area contributed by atoms with Gasteiger partial charge in [0.1, 0.15) is 0 Å². The lowest BCUT2D eigenvalue weighted by Gasteiger charge is -2.16. The van der Waals surface area contributed by atoms with E-state index in [1.165, 1.54) is 0 Å². The van der Waals surface area contributed by atoms with Crippen LogP contribution in [-0.2, 0) is 0 Å². The van der Waals surface area contributed by atoms with Crippen LogP contribution in [0.4, 0.5) is 0 Å². The van der Waals surface area contributed by atoms with Crippen molar-refractivity contribution in [1.29, 1.82) is 0 Å². The second-order valence-electron chi connectivity index (χ2n) is 3.04. The lowest BCUT2D eigenvalue weighted by molar-refractivity contribution is 0.543. The van der Waals surface area contributed by atoms with E-state index < -0.39 is 0 Å². The number of likely N-dealkylation sites (N-methyl/N-ethyl adjacent to an activating group) is 1. The summed E-state index contributed by atoms with van der Waals surface area (Å²) in [6.45, 7) is 3.92. The fourth-order valence-corrected chi connectivity index (χ4v) is 1.28. The van der Waals surface area contributed by atoms with Gasteiger partial charge in [-0.1, -0.05) is 49.1 Å². The van der Waals surface area contributed by atoms with Crippen LogP contribution in [0.1, 0.15) is 5.56 Å². The van der Waals surface area contributed by atoms with Crippen LogP contribution in [0.5, 0.6) is 0 Å². The Morgan fingerprint density at radius 1 is 1.23 bits per heavy atom. The quantitative estimate of drug-likeness (QED) is 0.410. The van der Waals surface area contributed by atoms with Crippen molar-refractivity contribution in [2.24, 2.45) is 0 Å². The Hall–Kier alpha value is -1.15. The highest BCUT2D eigenvalue weighted by atomic mass is 32.1. The Morgan fingerprint density at radius 3 is 2.23 bits per heavy atom. The molecular weight excluding hydrogens is 178 g/mol. The van der Waals surface area contributed by atoms with E-state index in [1.54, 1.807) is 0 Å². The molecule has 0 atom stereocenters. The Kier molecular flexibility index (Phi) is 3.20. The molecule has 13 heavy (non-hydrogen) atoms. The van der Waals surface area contributed by atoms with E-state index in [0.717, 1.165) is 16.1 Å². The summed E-state index contributed by atoms with van der Waals surface area (Å²) in [5.74, 6) is 0. The zero-order valence-corrected chi connectivity index (χ0v) is 8.77. The average Bonchev–Trinajstić information content (AvgIpc) is 2.17. The number of hydrogen-bond acceptors (Lipinski definition) is 2. The van der Waals surface area contributed by atoms with Crippen molar-refractivity contribution in [2.75, 3.05) is 14.1 Å². The summed E-state index contributed by atoms with van der Waals surface area (Å²) >= 11 is 5.28. The molecule has 0 spiro atoms. The molecule has 0 bridgehead atoms. The highest BCUT2D eigenvalue weighted by molar-refractivity contribution is 7.81. The summed E-state index contributed by atoms with van der Waals surface area (Å²) in [7, 11) is 3.88. The average molecular weight is 191 g/mol. The molecule has 0 fully saturated rings. The van der Waals surface area contributed by atoms with Gasteiger partial charge in [0, 0.05) is 19.8 Å². The Morgan fingerprint density at radius 2 is 1.77 bits per heavy atom. The Bertz CT molecular complexity index is 314. The van der Waals surface area contributed by atoms with Crippen LogP contribution in [0.3, 0.4) is 0 Å². The van der Waals surface area contributed by atoms with E-state index in [4.69, 9.17) is 12.2 Å². The summed E-state index contributed by atoms with van der Waals surface area (Å²) in [5, 5.41) is 0. The SMILES string of the molecule is C=C(C(=S)c1ccccc1)N(C)C. The monoisotopic (exact) mass is 191 g/mol. The van der Waals surface area contributed by atoms with Crippen molar-refractivity contribution in [3.63, 3.8) is 0 Å². The summed E-state index contributed by atoms with van der Waals surface area (Å²) in [6, 6.07) is 9.92. The van der Waals surface area contributed by atoms with Crippen molar-refractivity contribution in [2.45, 2.75) is 0 Å². The zero-order chi connectivity index (χ0) is 9.84. The van der Waals surface area contributed by atoms with Gasteiger partial charge in [0.25, 0.3) is 0 Å². The van der Waals surface area contributed by atoms with Gasteiger partial charge in [-0.25, -0.2) is 0 Å². The number of nitrogens with zero attached hydrogens (tertiary/aromatic N) is 1. The van der Waals surface area contributed by atoms with Crippen LogP contribution < -0.4 is 0 Å². The molecule has 0 radical (unpaired) electrons. The molecule has 1 aromatic rings. The number of rotatable bonds is 3. The van der Waals surface area contributed by atoms with Gasteiger partial charge >= 0.3 is 0 Å².